The van der Waals surface area contributed by atoms with Crippen molar-refractivity contribution in [1.82, 2.24) is 25.6 Å². The summed E-state index contributed by atoms with van der Waals surface area (Å²) in [6.45, 7) is -1.47. The highest BCUT2D eigenvalue weighted by molar-refractivity contribution is 5.79. The summed E-state index contributed by atoms with van der Waals surface area (Å²) in [6, 6.07) is 21.5. The Bertz CT molecular complexity index is 1730. The van der Waals surface area contributed by atoms with Gasteiger partial charge in [0.2, 0.25) is 11.8 Å². The Balaban J connectivity index is 1.28. The fourth-order valence-corrected chi connectivity index (χ4v) is 5.69. The monoisotopic (exact) mass is 675 g/mol. The lowest BCUT2D eigenvalue weighted by Gasteiger charge is -2.46. The molecule has 15 heteroatoms. The highest BCUT2D eigenvalue weighted by Gasteiger charge is 2.56. The van der Waals surface area contributed by atoms with Gasteiger partial charge in [0.05, 0.1) is 36.6 Å². The van der Waals surface area contributed by atoms with Gasteiger partial charge in [0, 0.05) is 19.4 Å². The molecule has 0 saturated carbocycles. The van der Waals surface area contributed by atoms with E-state index in [1.807, 2.05) is 42.5 Å². The first-order valence-electron chi connectivity index (χ1n) is 15.5. The number of nitrogens with zero attached hydrogens (tertiary/aromatic N) is 3. The lowest BCUT2D eigenvalue weighted by molar-refractivity contribution is -0.257. The third-order valence-electron chi connectivity index (χ3n) is 8.29. The van der Waals surface area contributed by atoms with Crippen LogP contribution in [-0.2, 0) is 37.7 Å². The molecule has 4 aromatic rings. The van der Waals surface area contributed by atoms with Crippen molar-refractivity contribution >= 4 is 17.8 Å². The van der Waals surface area contributed by atoms with Gasteiger partial charge < -0.3 is 46.0 Å². The number of phenolic OH excluding ortho intramolecular Hbond substituents is 1. The molecule has 2 amide bonds. The van der Waals surface area contributed by atoms with Crippen LogP contribution in [0, 0.1) is 0 Å². The molecule has 2 heterocycles. The first kappa shape index (κ1) is 35.1. The minimum Gasteiger partial charge on any atom is -0.508 e. The van der Waals surface area contributed by atoms with Gasteiger partial charge in [-0.2, -0.15) is 0 Å². The molecule has 1 fully saturated rings. The number of benzene rings is 3. The number of nitrogens with one attached hydrogen (secondary N) is 2. The van der Waals surface area contributed by atoms with E-state index in [0.29, 0.717) is 17.7 Å². The summed E-state index contributed by atoms with van der Waals surface area (Å²) in [4.78, 5) is 37.6. The van der Waals surface area contributed by atoms with Gasteiger partial charge in [-0.25, -0.2) is 9.48 Å². The molecule has 0 unspecified atom stereocenters. The van der Waals surface area contributed by atoms with E-state index >= 15 is 0 Å². The number of aromatic hydroxyl groups is 1. The van der Waals surface area contributed by atoms with Gasteiger partial charge in [-0.05, 0) is 34.4 Å². The van der Waals surface area contributed by atoms with Crippen molar-refractivity contribution in [1.29, 1.82) is 0 Å². The van der Waals surface area contributed by atoms with Crippen molar-refractivity contribution in [3.63, 3.8) is 0 Å². The number of rotatable bonds is 13. The highest BCUT2D eigenvalue weighted by Crippen LogP contribution is 2.36. The van der Waals surface area contributed by atoms with E-state index < -0.39 is 73.5 Å². The zero-order chi connectivity index (χ0) is 35.1. The van der Waals surface area contributed by atoms with Crippen molar-refractivity contribution in [2.45, 2.75) is 55.4 Å². The van der Waals surface area contributed by atoms with Crippen LogP contribution in [0.4, 0.5) is 0 Å². The predicted octanol–water partition coefficient (Wildman–Crippen LogP) is -0.313. The second-order valence-corrected chi connectivity index (χ2v) is 11.8. The molecular formula is C34H37N5O10. The lowest BCUT2D eigenvalue weighted by Crippen LogP contribution is -2.68. The van der Waals surface area contributed by atoms with Gasteiger partial charge >= 0.3 is 5.97 Å². The van der Waals surface area contributed by atoms with E-state index in [-0.39, 0.29) is 12.2 Å². The number of aliphatic hydroxyl groups excluding tert-OH is 4. The van der Waals surface area contributed by atoms with E-state index in [4.69, 9.17) is 4.74 Å². The maximum atomic E-state index is 12.8. The number of carbonyl (C=O) groups excluding carboxylic acids is 2. The van der Waals surface area contributed by atoms with E-state index in [0.717, 1.165) is 21.4 Å². The summed E-state index contributed by atoms with van der Waals surface area (Å²) in [6.07, 6.45) is -6.18. The van der Waals surface area contributed by atoms with Crippen molar-refractivity contribution in [2.24, 2.45) is 0 Å². The molecule has 258 valence electrons. The summed E-state index contributed by atoms with van der Waals surface area (Å²) >= 11 is 0. The van der Waals surface area contributed by atoms with Crippen LogP contribution in [0.2, 0.25) is 0 Å². The van der Waals surface area contributed by atoms with Gasteiger partial charge in [0.25, 0.3) is 5.72 Å². The smallest absolute Gasteiger partial charge is 0.359 e. The van der Waals surface area contributed by atoms with Gasteiger partial charge in [-0.15, -0.1) is 5.10 Å². The molecule has 0 bridgehead atoms. The molecule has 1 aromatic heterocycles. The highest BCUT2D eigenvalue weighted by atomic mass is 16.6. The number of carboxylic acid groups (broad SMARTS) is 1. The average molecular weight is 676 g/mol. The zero-order valence-electron chi connectivity index (χ0n) is 26.2. The first-order chi connectivity index (χ1) is 23.5. The number of amides is 2. The minimum absolute atomic E-state index is 0.0633. The Morgan fingerprint density at radius 2 is 1.59 bits per heavy atom. The van der Waals surface area contributed by atoms with E-state index in [1.54, 1.807) is 36.4 Å². The predicted molar refractivity (Wildman–Crippen MR) is 172 cm³/mol. The number of aliphatic hydroxyl groups is 4. The molecule has 0 radical (unpaired) electrons. The first-order valence-corrected chi connectivity index (χ1v) is 15.5. The van der Waals surface area contributed by atoms with Crippen molar-refractivity contribution in [3.05, 3.63) is 102 Å². The molecule has 49 heavy (non-hydrogen) atoms. The minimum atomic E-state index is -2.41. The van der Waals surface area contributed by atoms with Crippen LogP contribution < -0.4 is 10.6 Å². The Labute approximate surface area is 280 Å². The fourth-order valence-electron chi connectivity index (χ4n) is 5.69. The van der Waals surface area contributed by atoms with Crippen LogP contribution in [0.5, 0.6) is 5.75 Å². The third-order valence-corrected chi connectivity index (χ3v) is 8.29. The molecule has 6 atom stereocenters. The third kappa shape index (κ3) is 8.28. The van der Waals surface area contributed by atoms with Crippen LogP contribution in [0.25, 0.3) is 11.1 Å². The standard InChI is InChI=1S/C34H37N5O10/c40-19-29(45)36-30-26(42)16-34(33(47)48,39-18-24(37-38-39)14-20-4-2-1-3-5-20)49-32(30)31(46)27(43)17-35-28(44)15-21-6-8-22(9-7-21)23-10-12-25(41)13-11-23/h1-13,18,26-27,30-32,40-43,46H,14-17,19H2,(H,35,44)(H,36,45)(H,47,48)/t26-,27+,30+,31+,32+,34+/m0/s1. The topological polar surface area (TPSA) is 237 Å². The molecule has 5 rings (SSSR count). The maximum absolute atomic E-state index is 12.8. The average Bonchev–Trinajstić information content (AvgIpc) is 3.57. The number of carbonyl (C=O) groups is 3. The Kier molecular flexibility index (Phi) is 11.0. The molecule has 3 aromatic carbocycles. The summed E-state index contributed by atoms with van der Waals surface area (Å²) in [5.74, 6) is -2.89. The number of carboxylic acids is 1. The van der Waals surface area contributed by atoms with Gasteiger partial charge in [0.15, 0.2) is 0 Å². The lowest BCUT2D eigenvalue weighted by atomic mass is 9.87. The molecular weight excluding hydrogens is 638 g/mol. The Hall–Kier alpha value is -5.19. The van der Waals surface area contributed by atoms with E-state index in [2.05, 4.69) is 20.9 Å². The molecule has 15 nitrogen and oxygen atoms in total. The SMILES string of the molecule is O=C(Cc1ccc(-c2ccc(O)cc2)cc1)NC[C@@H](O)[C@@H](O)[C@@H]1O[C@](C(=O)O)(n2cc(Cc3ccccc3)nn2)C[C@H](O)[C@H]1NC(=O)CO. The number of ether oxygens (including phenoxy) is 1. The molecule has 0 spiro atoms. The van der Waals surface area contributed by atoms with Crippen LogP contribution in [0.1, 0.15) is 23.2 Å². The number of phenols is 1. The molecule has 1 aliphatic rings. The number of aromatic nitrogens is 3. The Morgan fingerprint density at radius 3 is 2.22 bits per heavy atom. The molecule has 8 N–H and O–H groups in total. The molecule has 1 saturated heterocycles. The van der Waals surface area contributed by atoms with Crippen molar-refractivity contribution < 1.29 is 49.8 Å². The summed E-state index contributed by atoms with van der Waals surface area (Å²) in [5.41, 5.74) is 1.25. The van der Waals surface area contributed by atoms with Crippen LogP contribution in [0.15, 0.2) is 85.1 Å². The van der Waals surface area contributed by atoms with Crippen LogP contribution in [0.3, 0.4) is 0 Å². The zero-order valence-corrected chi connectivity index (χ0v) is 26.2. The van der Waals surface area contributed by atoms with Crippen LogP contribution in [-0.4, -0.2) is 107 Å². The van der Waals surface area contributed by atoms with Crippen molar-refractivity contribution in [3.8, 4) is 16.9 Å². The van der Waals surface area contributed by atoms with E-state index in [1.165, 1.54) is 6.20 Å². The number of hydrogen-bond acceptors (Lipinski definition) is 11. The van der Waals surface area contributed by atoms with Crippen LogP contribution >= 0.6 is 0 Å². The van der Waals surface area contributed by atoms with Crippen molar-refractivity contribution in [2.75, 3.05) is 13.2 Å². The van der Waals surface area contributed by atoms with Gasteiger partial charge in [-0.3, -0.25) is 9.59 Å². The van der Waals surface area contributed by atoms with Gasteiger partial charge in [0.1, 0.15) is 24.6 Å². The number of hydrogen-bond donors (Lipinski definition) is 8. The molecule has 1 aliphatic heterocycles. The van der Waals surface area contributed by atoms with Gasteiger partial charge in [-0.1, -0.05) is 71.9 Å². The summed E-state index contributed by atoms with van der Waals surface area (Å²) < 4.78 is 6.83. The Morgan fingerprint density at radius 1 is 0.939 bits per heavy atom. The quantitative estimate of drug-likeness (QED) is 0.0911. The summed E-state index contributed by atoms with van der Waals surface area (Å²) in [7, 11) is 0. The summed E-state index contributed by atoms with van der Waals surface area (Å²) in [5, 5.41) is 75.3. The second-order valence-electron chi connectivity index (χ2n) is 11.8. The largest absolute Gasteiger partial charge is 0.508 e. The molecule has 0 aliphatic carbocycles. The number of aliphatic carboxylic acids is 1. The maximum Gasteiger partial charge on any atom is 0.359 e. The second kappa shape index (κ2) is 15.4. The van der Waals surface area contributed by atoms with E-state index in [9.17, 15) is 45.0 Å². The fraction of sp³-hybridized carbons (Fsp3) is 0.324. The normalized spacial score (nSPS) is 21.8.